The molecule has 2 aromatic rings. The summed E-state index contributed by atoms with van der Waals surface area (Å²) in [5.41, 5.74) is 0.436. The Balaban J connectivity index is 2.06. The van der Waals surface area contributed by atoms with Gasteiger partial charge in [-0.05, 0) is 33.6 Å². The Kier molecular flexibility index (Phi) is 6.55. The molecule has 1 aliphatic heterocycles. The van der Waals surface area contributed by atoms with E-state index in [1.807, 2.05) is 44.2 Å². The minimum absolute atomic E-state index is 0.0143. The second-order valence-electron chi connectivity index (χ2n) is 9.08. The molecule has 2 atom stereocenters. The van der Waals surface area contributed by atoms with Gasteiger partial charge in [0.25, 0.3) is 0 Å². The van der Waals surface area contributed by atoms with Crippen LogP contribution in [0.5, 0.6) is 0 Å². The molecule has 1 saturated heterocycles. The number of alkyl halides is 1. The van der Waals surface area contributed by atoms with Crippen LogP contribution in [0.15, 0.2) is 4.79 Å². The third kappa shape index (κ3) is 4.37. The molecule has 0 bridgehead atoms. The van der Waals surface area contributed by atoms with Gasteiger partial charge in [-0.15, -0.1) is 11.6 Å². The SMILES string of the molecule is CC[C@@H]1CN(c2nc(=O)n(C)c3c2nc(CCl)n3C)[C@@H](CC)CN1C(=O)OC(C)(C)C. The van der Waals surface area contributed by atoms with E-state index in [1.54, 1.807) is 7.05 Å². The Bertz CT molecular complexity index is 1020. The van der Waals surface area contributed by atoms with E-state index in [-0.39, 0.29) is 29.7 Å². The second-order valence-corrected chi connectivity index (χ2v) is 9.35. The minimum Gasteiger partial charge on any atom is -0.444 e. The van der Waals surface area contributed by atoms with E-state index < -0.39 is 5.60 Å². The number of piperazine rings is 1. The first-order valence-corrected chi connectivity index (χ1v) is 11.3. The molecule has 0 saturated carbocycles. The quantitative estimate of drug-likeness (QED) is 0.663. The summed E-state index contributed by atoms with van der Waals surface area (Å²) in [7, 11) is 3.54. The summed E-state index contributed by atoms with van der Waals surface area (Å²) in [5, 5.41) is 0. The fourth-order valence-electron chi connectivity index (χ4n) is 4.15. The highest BCUT2D eigenvalue weighted by atomic mass is 35.5. The van der Waals surface area contributed by atoms with Crippen molar-refractivity contribution in [3.63, 3.8) is 0 Å². The number of aryl methyl sites for hydroxylation is 2. The van der Waals surface area contributed by atoms with E-state index >= 15 is 0 Å². The molecule has 3 heterocycles. The summed E-state index contributed by atoms with van der Waals surface area (Å²) in [6.07, 6.45) is 1.24. The molecule has 0 aliphatic carbocycles. The summed E-state index contributed by atoms with van der Waals surface area (Å²) in [6, 6.07) is -0.0747. The van der Waals surface area contributed by atoms with Gasteiger partial charge in [0.2, 0.25) is 0 Å². The van der Waals surface area contributed by atoms with Crippen LogP contribution in [0.25, 0.3) is 11.2 Å². The van der Waals surface area contributed by atoms with Crippen LogP contribution in [0.3, 0.4) is 0 Å². The van der Waals surface area contributed by atoms with Gasteiger partial charge < -0.3 is 19.1 Å². The van der Waals surface area contributed by atoms with E-state index in [9.17, 15) is 9.59 Å². The number of carbonyl (C=O) groups is 1. The van der Waals surface area contributed by atoms with Gasteiger partial charge in [-0.2, -0.15) is 4.98 Å². The predicted molar refractivity (Wildman–Crippen MR) is 122 cm³/mol. The normalized spacial score (nSPS) is 19.9. The largest absolute Gasteiger partial charge is 0.444 e. The number of aromatic nitrogens is 4. The zero-order valence-electron chi connectivity index (χ0n) is 19.5. The molecule has 0 radical (unpaired) electrons. The lowest BCUT2D eigenvalue weighted by Gasteiger charge is -2.46. The fourth-order valence-corrected chi connectivity index (χ4v) is 4.39. The van der Waals surface area contributed by atoms with E-state index in [0.29, 0.717) is 35.9 Å². The van der Waals surface area contributed by atoms with Gasteiger partial charge in [0, 0.05) is 33.2 Å². The molecule has 0 N–H and O–H groups in total. The number of ether oxygens (including phenoxy) is 1. The highest BCUT2D eigenvalue weighted by Crippen LogP contribution is 2.30. The van der Waals surface area contributed by atoms with Crippen LogP contribution >= 0.6 is 11.6 Å². The van der Waals surface area contributed by atoms with Crippen molar-refractivity contribution in [1.82, 2.24) is 24.0 Å². The fraction of sp³-hybridized carbons (Fsp3) is 0.714. The Labute approximate surface area is 187 Å². The van der Waals surface area contributed by atoms with Crippen molar-refractivity contribution in [2.75, 3.05) is 18.0 Å². The van der Waals surface area contributed by atoms with E-state index in [2.05, 4.69) is 16.8 Å². The minimum atomic E-state index is -0.556. The lowest BCUT2D eigenvalue weighted by molar-refractivity contribution is 0.00983. The molecular weight excluding hydrogens is 420 g/mol. The lowest BCUT2D eigenvalue weighted by Crippen LogP contribution is -2.60. The first-order chi connectivity index (χ1) is 14.5. The molecule has 3 rings (SSSR count). The van der Waals surface area contributed by atoms with Gasteiger partial charge >= 0.3 is 11.8 Å². The summed E-state index contributed by atoms with van der Waals surface area (Å²) >= 11 is 6.08. The first kappa shape index (κ1) is 23.4. The predicted octanol–water partition coefficient (Wildman–Crippen LogP) is 3.02. The molecular formula is C21H33ClN6O3. The van der Waals surface area contributed by atoms with Crippen LogP contribution in [0.2, 0.25) is 0 Å². The maximum Gasteiger partial charge on any atom is 0.410 e. The average Bonchev–Trinajstić information content (AvgIpc) is 3.05. The van der Waals surface area contributed by atoms with Crippen LogP contribution < -0.4 is 10.6 Å². The number of fused-ring (bicyclic) bond motifs is 1. The molecule has 1 amide bonds. The van der Waals surface area contributed by atoms with E-state index in [1.165, 1.54) is 4.57 Å². The summed E-state index contributed by atoms with van der Waals surface area (Å²) < 4.78 is 8.99. The molecule has 31 heavy (non-hydrogen) atoms. The molecule has 0 spiro atoms. The number of nitrogens with zero attached hydrogens (tertiary/aromatic N) is 6. The van der Waals surface area contributed by atoms with Crippen molar-refractivity contribution in [2.45, 2.75) is 71.0 Å². The number of carbonyl (C=O) groups excluding carboxylic acids is 1. The van der Waals surface area contributed by atoms with Gasteiger partial charge in [-0.1, -0.05) is 13.8 Å². The molecule has 0 aromatic carbocycles. The van der Waals surface area contributed by atoms with Crippen LogP contribution in [-0.4, -0.2) is 60.9 Å². The highest BCUT2D eigenvalue weighted by molar-refractivity contribution is 6.16. The Morgan fingerprint density at radius 3 is 2.29 bits per heavy atom. The number of imidazole rings is 1. The monoisotopic (exact) mass is 452 g/mol. The topological polar surface area (TPSA) is 85.5 Å². The van der Waals surface area contributed by atoms with Crippen molar-refractivity contribution in [3.05, 3.63) is 16.3 Å². The van der Waals surface area contributed by atoms with E-state index in [0.717, 1.165) is 12.8 Å². The highest BCUT2D eigenvalue weighted by Gasteiger charge is 2.38. The van der Waals surface area contributed by atoms with Crippen LogP contribution in [0, 0.1) is 0 Å². The maximum atomic E-state index is 12.9. The second kappa shape index (κ2) is 8.68. The molecule has 9 nitrogen and oxygen atoms in total. The average molecular weight is 453 g/mol. The Morgan fingerprint density at radius 2 is 1.74 bits per heavy atom. The standard InChI is InChI=1S/C21H33ClN6O3/c1-8-13-12-28(20(30)31-21(3,4)5)14(9-2)11-27(13)17-16-18(26(7)19(29)24-17)25(6)15(10-22)23-16/h13-14H,8-12H2,1-7H3/t13-,14+/m0/s1. The Morgan fingerprint density at radius 1 is 1.10 bits per heavy atom. The molecule has 10 heteroatoms. The zero-order chi connectivity index (χ0) is 23.1. The van der Waals surface area contributed by atoms with Crippen LogP contribution in [0.1, 0.15) is 53.3 Å². The summed E-state index contributed by atoms with van der Waals surface area (Å²) in [4.78, 5) is 38.6. The molecule has 1 fully saturated rings. The molecule has 0 unspecified atom stereocenters. The number of halogens is 1. The van der Waals surface area contributed by atoms with Gasteiger partial charge in [0.05, 0.1) is 11.9 Å². The van der Waals surface area contributed by atoms with E-state index in [4.69, 9.17) is 21.3 Å². The molecule has 172 valence electrons. The number of anilines is 1. The van der Waals surface area contributed by atoms with Gasteiger partial charge in [0.1, 0.15) is 22.6 Å². The van der Waals surface area contributed by atoms with Gasteiger partial charge in [-0.3, -0.25) is 4.57 Å². The van der Waals surface area contributed by atoms with Crippen LogP contribution in [-0.2, 0) is 24.7 Å². The van der Waals surface area contributed by atoms with Crippen molar-refractivity contribution in [2.24, 2.45) is 14.1 Å². The maximum absolute atomic E-state index is 12.9. The summed E-state index contributed by atoms with van der Waals surface area (Å²) in [5.74, 6) is 1.47. The lowest BCUT2D eigenvalue weighted by atomic mass is 10.0. The van der Waals surface area contributed by atoms with Crippen molar-refractivity contribution in [1.29, 1.82) is 0 Å². The Hall–Kier alpha value is -2.29. The molecule has 2 aromatic heterocycles. The summed E-state index contributed by atoms with van der Waals surface area (Å²) in [6.45, 7) is 10.8. The molecule has 1 aliphatic rings. The number of hydrogen-bond donors (Lipinski definition) is 0. The zero-order valence-corrected chi connectivity index (χ0v) is 20.2. The smallest absolute Gasteiger partial charge is 0.410 e. The third-order valence-electron chi connectivity index (χ3n) is 5.83. The number of amides is 1. The van der Waals surface area contributed by atoms with Crippen LogP contribution in [0.4, 0.5) is 10.6 Å². The first-order valence-electron chi connectivity index (χ1n) is 10.8. The van der Waals surface area contributed by atoms with Crippen molar-refractivity contribution >= 4 is 34.7 Å². The van der Waals surface area contributed by atoms with Gasteiger partial charge in [-0.25, -0.2) is 14.6 Å². The van der Waals surface area contributed by atoms with Crippen molar-refractivity contribution < 1.29 is 9.53 Å². The van der Waals surface area contributed by atoms with Crippen molar-refractivity contribution in [3.8, 4) is 0 Å². The number of hydrogen-bond acceptors (Lipinski definition) is 6. The third-order valence-corrected chi connectivity index (χ3v) is 6.07. The van der Waals surface area contributed by atoms with Gasteiger partial charge in [0.15, 0.2) is 5.82 Å². The number of rotatable bonds is 4.